The fraction of sp³-hybridized carbons (Fsp3) is 0.136. The molecule has 0 saturated carbocycles. The molecule has 7 nitrogen and oxygen atoms in total. The van der Waals surface area contributed by atoms with Gasteiger partial charge in [-0.25, -0.2) is 4.79 Å². The number of nitro benzene ring substituents is 1. The van der Waals surface area contributed by atoms with E-state index >= 15 is 0 Å². The Bertz CT molecular complexity index is 989. The number of carbonyl (C=O) groups is 1. The minimum Gasteiger partial charge on any atom is -0.450 e. The number of nitrogens with one attached hydrogen (secondary N) is 2. The van der Waals surface area contributed by atoms with Crippen LogP contribution in [0.2, 0.25) is 0 Å². The Morgan fingerprint density at radius 2 is 1.69 bits per heavy atom. The molecule has 3 aromatic carbocycles. The molecule has 7 heteroatoms. The van der Waals surface area contributed by atoms with Crippen LogP contribution in [0.25, 0.3) is 11.1 Å². The molecule has 0 spiro atoms. The van der Waals surface area contributed by atoms with Gasteiger partial charge in [-0.1, -0.05) is 48.5 Å². The summed E-state index contributed by atoms with van der Waals surface area (Å²) < 4.78 is 4.77. The van der Waals surface area contributed by atoms with Gasteiger partial charge in [0.2, 0.25) is 0 Å². The highest BCUT2D eigenvalue weighted by Crippen LogP contribution is 2.27. The van der Waals surface area contributed by atoms with Crippen LogP contribution in [-0.2, 0) is 11.3 Å². The number of amides is 1. The average molecular weight is 391 g/mol. The fourth-order valence-corrected chi connectivity index (χ4v) is 2.84. The van der Waals surface area contributed by atoms with Crippen molar-refractivity contribution in [3.05, 3.63) is 88.5 Å². The number of anilines is 2. The van der Waals surface area contributed by atoms with Gasteiger partial charge >= 0.3 is 6.09 Å². The third kappa shape index (κ3) is 5.32. The Balaban J connectivity index is 1.68. The Morgan fingerprint density at radius 3 is 2.34 bits per heavy atom. The zero-order valence-electron chi connectivity index (χ0n) is 15.9. The summed E-state index contributed by atoms with van der Waals surface area (Å²) in [5, 5.41) is 17.0. The molecule has 0 aromatic heterocycles. The molecule has 29 heavy (non-hydrogen) atoms. The molecule has 0 radical (unpaired) electrons. The molecule has 0 saturated heterocycles. The zero-order chi connectivity index (χ0) is 20.6. The lowest BCUT2D eigenvalue weighted by Gasteiger charge is -2.10. The summed E-state index contributed by atoms with van der Waals surface area (Å²) in [6.07, 6.45) is -0.722. The molecule has 2 N–H and O–H groups in total. The van der Waals surface area contributed by atoms with E-state index in [0.29, 0.717) is 6.54 Å². The van der Waals surface area contributed by atoms with Gasteiger partial charge in [-0.3, -0.25) is 15.4 Å². The van der Waals surface area contributed by atoms with Crippen LogP contribution in [0, 0.1) is 10.1 Å². The maximum atomic E-state index is 11.5. The minimum absolute atomic E-state index is 0.101. The van der Waals surface area contributed by atoms with E-state index in [2.05, 4.69) is 10.6 Å². The van der Waals surface area contributed by atoms with Crippen molar-refractivity contribution >= 4 is 23.2 Å². The van der Waals surface area contributed by atoms with Crippen LogP contribution in [0.3, 0.4) is 0 Å². The van der Waals surface area contributed by atoms with Crippen molar-refractivity contribution in [2.75, 3.05) is 17.2 Å². The van der Waals surface area contributed by atoms with Crippen molar-refractivity contribution in [1.82, 2.24) is 0 Å². The van der Waals surface area contributed by atoms with Gasteiger partial charge in [0.25, 0.3) is 5.69 Å². The second kappa shape index (κ2) is 9.36. The lowest BCUT2D eigenvalue weighted by atomic mass is 10.1. The summed E-state index contributed by atoms with van der Waals surface area (Å²) in [6.45, 7) is 2.26. The molecule has 0 fully saturated rings. The van der Waals surface area contributed by atoms with E-state index in [1.807, 2.05) is 54.6 Å². The lowest BCUT2D eigenvalue weighted by Crippen LogP contribution is -2.14. The second-order valence-corrected chi connectivity index (χ2v) is 6.25. The first-order chi connectivity index (χ1) is 14.1. The molecule has 0 aliphatic heterocycles. The molecular weight excluding hydrogens is 370 g/mol. The average Bonchev–Trinajstić information content (AvgIpc) is 2.74. The van der Waals surface area contributed by atoms with Gasteiger partial charge < -0.3 is 10.1 Å². The third-order valence-electron chi connectivity index (χ3n) is 4.26. The van der Waals surface area contributed by atoms with Crippen LogP contribution in [0.1, 0.15) is 12.5 Å². The summed E-state index contributed by atoms with van der Waals surface area (Å²) >= 11 is 0. The Hall–Kier alpha value is -3.87. The Morgan fingerprint density at radius 1 is 1.00 bits per heavy atom. The molecule has 1 amide bonds. The van der Waals surface area contributed by atoms with E-state index in [4.69, 9.17) is 4.74 Å². The number of hydrogen-bond acceptors (Lipinski definition) is 5. The molecule has 0 bridgehead atoms. The topological polar surface area (TPSA) is 93.5 Å². The predicted octanol–water partition coefficient (Wildman–Crippen LogP) is 5.44. The van der Waals surface area contributed by atoms with Crippen molar-refractivity contribution in [2.24, 2.45) is 0 Å². The smallest absolute Gasteiger partial charge is 0.411 e. The summed E-state index contributed by atoms with van der Waals surface area (Å²) in [7, 11) is 0. The maximum absolute atomic E-state index is 11.5. The number of ether oxygens (including phenoxy) is 1. The number of hydrogen-bond donors (Lipinski definition) is 2. The number of rotatable bonds is 7. The van der Waals surface area contributed by atoms with Crippen LogP contribution in [0.15, 0.2) is 72.8 Å². The number of carbonyl (C=O) groups excluding carboxylic acids is 1. The number of nitro groups is 1. The third-order valence-corrected chi connectivity index (χ3v) is 4.26. The minimum atomic E-state index is -0.722. The van der Waals surface area contributed by atoms with Crippen LogP contribution < -0.4 is 10.6 Å². The van der Waals surface area contributed by atoms with Gasteiger partial charge in [0.1, 0.15) is 5.69 Å². The summed E-state index contributed by atoms with van der Waals surface area (Å²) in [4.78, 5) is 22.4. The molecular formula is C22H21N3O4. The van der Waals surface area contributed by atoms with Crippen molar-refractivity contribution in [1.29, 1.82) is 0 Å². The van der Waals surface area contributed by atoms with E-state index in [-0.39, 0.29) is 18.0 Å². The van der Waals surface area contributed by atoms with Gasteiger partial charge in [0.05, 0.1) is 11.5 Å². The highest BCUT2D eigenvalue weighted by Gasteiger charge is 2.17. The van der Waals surface area contributed by atoms with Crippen molar-refractivity contribution in [2.45, 2.75) is 13.5 Å². The lowest BCUT2D eigenvalue weighted by molar-refractivity contribution is -0.384. The first-order valence-electron chi connectivity index (χ1n) is 9.17. The summed E-state index contributed by atoms with van der Waals surface area (Å²) in [6, 6.07) is 22.7. The van der Waals surface area contributed by atoms with E-state index < -0.39 is 11.0 Å². The van der Waals surface area contributed by atoms with Crippen LogP contribution in [-0.4, -0.2) is 17.6 Å². The number of benzene rings is 3. The van der Waals surface area contributed by atoms with Crippen molar-refractivity contribution in [3.63, 3.8) is 0 Å². The first-order valence-corrected chi connectivity index (χ1v) is 9.17. The largest absolute Gasteiger partial charge is 0.450 e. The van der Waals surface area contributed by atoms with Crippen molar-refractivity contribution < 1.29 is 14.5 Å². The van der Waals surface area contributed by atoms with Crippen LogP contribution in [0.5, 0.6) is 0 Å². The fourth-order valence-electron chi connectivity index (χ4n) is 2.84. The van der Waals surface area contributed by atoms with Crippen LogP contribution >= 0.6 is 0 Å². The van der Waals surface area contributed by atoms with E-state index in [1.165, 1.54) is 12.1 Å². The van der Waals surface area contributed by atoms with Gasteiger partial charge in [-0.15, -0.1) is 0 Å². The summed E-state index contributed by atoms with van der Waals surface area (Å²) in [5.74, 6) is 0. The molecule has 148 valence electrons. The normalized spacial score (nSPS) is 10.2. The van der Waals surface area contributed by atoms with E-state index in [9.17, 15) is 14.9 Å². The second-order valence-electron chi connectivity index (χ2n) is 6.25. The van der Waals surface area contributed by atoms with Gasteiger partial charge in [-0.2, -0.15) is 0 Å². The Kier molecular flexibility index (Phi) is 6.42. The molecule has 0 aliphatic rings. The van der Waals surface area contributed by atoms with E-state index in [0.717, 1.165) is 22.4 Å². The predicted molar refractivity (Wildman–Crippen MR) is 113 cm³/mol. The highest BCUT2D eigenvalue weighted by molar-refractivity contribution is 5.87. The van der Waals surface area contributed by atoms with Crippen molar-refractivity contribution in [3.8, 4) is 11.1 Å². The maximum Gasteiger partial charge on any atom is 0.411 e. The monoisotopic (exact) mass is 391 g/mol. The number of nitrogens with zero attached hydrogens (tertiary/aromatic N) is 1. The zero-order valence-corrected chi connectivity index (χ0v) is 15.9. The quantitative estimate of drug-likeness (QED) is 0.413. The van der Waals surface area contributed by atoms with E-state index in [1.54, 1.807) is 13.0 Å². The molecule has 0 unspecified atom stereocenters. The first kappa shape index (κ1) is 19.9. The van der Waals surface area contributed by atoms with Crippen LogP contribution in [0.4, 0.5) is 21.9 Å². The highest BCUT2D eigenvalue weighted by atomic mass is 16.6. The Labute approximate surface area is 168 Å². The molecule has 0 aliphatic carbocycles. The molecule has 3 rings (SSSR count). The molecule has 0 heterocycles. The van der Waals surface area contributed by atoms with Gasteiger partial charge in [0, 0.05) is 18.3 Å². The van der Waals surface area contributed by atoms with Gasteiger partial charge in [0.15, 0.2) is 0 Å². The SMILES string of the molecule is CCOC(=O)Nc1ccc(CNc2ccc(-c3ccccc3)cc2)cc1[N+](=O)[O-]. The molecule has 3 aromatic rings. The molecule has 0 atom stereocenters. The standard InChI is InChI=1S/C22H21N3O4/c1-2-29-22(26)24-20-13-8-16(14-21(20)25(27)28)15-23-19-11-9-18(10-12-19)17-6-4-3-5-7-17/h3-14,23H,2,15H2,1H3,(H,24,26). The summed E-state index contributed by atoms with van der Waals surface area (Å²) in [5.41, 5.74) is 3.79. The van der Waals surface area contributed by atoms with Gasteiger partial charge in [-0.05, 0) is 41.8 Å².